The van der Waals surface area contributed by atoms with E-state index in [1.165, 1.54) is 0 Å². The van der Waals surface area contributed by atoms with Gasteiger partial charge in [-0.15, -0.1) is 0 Å². The van der Waals surface area contributed by atoms with Gasteiger partial charge in [0.2, 0.25) is 0 Å². The van der Waals surface area contributed by atoms with Crippen molar-refractivity contribution in [1.29, 1.82) is 0 Å². The summed E-state index contributed by atoms with van der Waals surface area (Å²) >= 11 is 0. The molecule has 0 radical (unpaired) electrons. The molecule has 0 spiro atoms. The SMILES string of the molecule is CS(=O)(=O)O[C@H]1COC[C@H]1O. The van der Waals surface area contributed by atoms with Gasteiger partial charge in [0.05, 0.1) is 19.5 Å². The normalized spacial score (nSPS) is 32.5. The van der Waals surface area contributed by atoms with Crippen molar-refractivity contribution in [1.82, 2.24) is 0 Å². The van der Waals surface area contributed by atoms with Gasteiger partial charge in [-0.3, -0.25) is 4.18 Å². The third kappa shape index (κ3) is 2.74. The van der Waals surface area contributed by atoms with E-state index in [-0.39, 0.29) is 13.2 Å². The lowest BCUT2D eigenvalue weighted by Gasteiger charge is -2.10. The van der Waals surface area contributed by atoms with Crippen LogP contribution in [0, 0.1) is 0 Å². The maximum atomic E-state index is 10.5. The summed E-state index contributed by atoms with van der Waals surface area (Å²) in [5.74, 6) is 0. The summed E-state index contributed by atoms with van der Waals surface area (Å²) in [4.78, 5) is 0. The molecule has 0 bridgehead atoms. The van der Waals surface area contributed by atoms with Gasteiger partial charge in [-0.1, -0.05) is 0 Å². The lowest BCUT2D eigenvalue weighted by molar-refractivity contribution is 0.0779. The predicted molar refractivity (Wildman–Crippen MR) is 36.5 cm³/mol. The van der Waals surface area contributed by atoms with Gasteiger partial charge >= 0.3 is 0 Å². The number of hydrogen-bond acceptors (Lipinski definition) is 5. The van der Waals surface area contributed by atoms with Crippen LogP contribution in [-0.2, 0) is 19.0 Å². The summed E-state index contributed by atoms with van der Waals surface area (Å²) in [6.45, 7) is 0.272. The second kappa shape index (κ2) is 3.06. The standard InChI is InChI=1S/C5H10O5S/c1-11(7,8)10-5-3-9-2-4(5)6/h4-6H,2-3H2,1H3/t4-,5+/m1/s1. The molecule has 0 saturated carbocycles. The van der Waals surface area contributed by atoms with Crippen LogP contribution in [0.25, 0.3) is 0 Å². The molecule has 11 heavy (non-hydrogen) atoms. The van der Waals surface area contributed by atoms with Crippen molar-refractivity contribution in [2.75, 3.05) is 19.5 Å². The van der Waals surface area contributed by atoms with Crippen molar-refractivity contribution < 1.29 is 22.4 Å². The van der Waals surface area contributed by atoms with Gasteiger partial charge < -0.3 is 9.84 Å². The molecule has 2 atom stereocenters. The summed E-state index contributed by atoms with van der Waals surface area (Å²) in [5, 5.41) is 9.04. The monoisotopic (exact) mass is 182 g/mol. The quantitative estimate of drug-likeness (QED) is 0.539. The number of aliphatic hydroxyl groups is 1. The van der Waals surface area contributed by atoms with Crippen molar-refractivity contribution in [3.63, 3.8) is 0 Å². The van der Waals surface area contributed by atoms with Gasteiger partial charge in [-0.25, -0.2) is 0 Å². The minimum absolute atomic E-state index is 0.133. The van der Waals surface area contributed by atoms with Crippen LogP contribution in [0.2, 0.25) is 0 Å². The maximum Gasteiger partial charge on any atom is 0.264 e. The van der Waals surface area contributed by atoms with Gasteiger partial charge in [-0.05, 0) is 0 Å². The van der Waals surface area contributed by atoms with E-state index >= 15 is 0 Å². The average molecular weight is 182 g/mol. The minimum Gasteiger partial charge on any atom is -0.388 e. The van der Waals surface area contributed by atoms with Crippen molar-refractivity contribution in [2.24, 2.45) is 0 Å². The Morgan fingerprint density at radius 1 is 1.55 bits per heavy atom. The molecule has 1 rings (SSSR count). The van der Waals surface area contributed by atoms with Crippen molar-refractivity contribution >= 4 is 10.1 Å². The van der Waals surface area contributed by atoms with Gasteiger partial charge in [0, 0.05) is 0 Å². The second-order valence-electron chi connectivity index (χ2n) is 2.44. The Morgan fingerprint density at radius 3 is 2.55 bits per heavy atom. The number of rotatable bonds is 2. The molecule has 6 heteroatoms. The molecule has 0 amide bonds. The van der Waals surface area contributed by atoms with E-state index in [0.717, 1.165) is 6.26 Å². The highest BCUT2D eigenvalue weighted by Gasteiger charge is 2.29. The molecule has 0 aromatic rings. The Hall–Kier alpha value is -0.170. The number of ether oxygens (including phenoxy) is 1. The Kier molecular flexibility index (Phi) is 2.48. The lowest BCUT2D eigenvalue weighted by atomic mass is 10.3. The average Bonchev–Trinajstić information content (AvgIpc) is 2.12. The van der Waals surface area contributed by atoms with E-state index < -0.39 is 22.3 Å². The van der Waals surface area contributed by atoms with Crippen LogP contribution in [0.5, 0.6) is 0 Å². The van der Waals surface area contributed by atoms with Gasteiger partial charge in [0.15, 0.2) is 0 Å². The second-order valence-corrected chi connectivity index (χ2v) is 4.04. The number of aliphatic hydroxyl groups excluding tert-OH is 1. The van der Waals surface area contributed by atoms with Crippen LogP contribution in [0.15, 0.2) is 0 Å². The van der Waals surface area contributed by atoms with E-state index in [1.807, 2.05) is 0 Å². The highest BCUT2D eigenvalue weighted by molar-refractivity contribution is 7.86. The molecule has 5 nitrogen and oxygen atoms in total. The van der Waals surface area contributed by atoms with Crippen molar-refractivity contribution in [3.05, 3.63) is 0 Å². The molecular formula is C5H10O5S. The van der Waals surface area contributed by atoms with E-state index in [0.29, 0.717) is 0 Å². The van der Waals surface area contributed by atoms with Crippen molar-refractivity contribution in [2.45, 2.75) is 12.2 Å². The maximum absolute atomic E-state index is 10.5. The fourth-order valence-corrected chi connectivity index (χ4v) is 1.47. The number of hydrogen-bond donors (Lipinski definition) is 1. The highest BCUT2D eigenvalue weighted by Crippen LogP contribution is 2.11. The van der Waals surface area contributed by atoms with Crippen LogP contribution in [0.1, 0.15) is 0 Å². The molecule has 1 N–H and O–H groups in total. The first kappa shape index (κ1) is 8.92. The molecule has 1 aliphatic heterocycles. The van der Waals surface area contributed by atoms with Gasteiger partial charge in [-0.2, -0.15) is 8.42 Å². The summed E-state index contributed by atoms with van der Waals surface area (Å²) in [6, 6.07) is 0. The first-order valence-electron chi connectivity index (χ1n) is 3.13. The molecule has 0 unspecified atom stereocenters. The lowest BCUT2D eigenvalue weighted by Crippen LogP contribution is -2.29. The van der Waals surface area contributed by atoms with Gasteiger partial charge in [0.1, 0.15) is 12.2 Å². The van der Waals surface area contributed by atoms with Crippen molar-refractivity contribution in [3.8, 4) is 0 Å². The zero-order chi connectivity index (χ0) is 8.48. The Morgan fingerprint density at radius 2 is 2.18 bits per heavy atom. The summed E-state index contributed by atoms with van der Waals surface area (Å²) in [7, 11) is -3.48. The molecule has 1 heterocycles. The van der Waals surface area contributed by atoms with E-state index in [1.54, 1.807) is 0 Å². The van der Waals surface area contributed by atoms with Crippen LogP contribution < -0.4 is 0 Å². The molecular weight excluding hydrogens is 172 g/mol. The van der Waals surface area contributed by atoms with Crippen LogP contribution >= 0.6 is 0 Å². The van der Waals surface area contributed by atoms with Gasteiger partial charge in [0.25, 0.3) is 10.1 Å². The highest BCUT2D eigenvalue weighted by atomic mass is 32.2. The van der Waals surface area contributed by atoms with Crippen LogP contribution in [0.3, 0.4) is 0 Å². The fourth-order valence-electron chi connectivity index (χ4n) is 0.840. The first-order valence-corrected chi connectivity index (χ1v) is 4.95. The topological polar surface area (TPSA) is 72.8 Å². The molecule has 0 aromatic heterocycles. The smallest absolute Gasteiger partial charge is 0.264 e. The first-order chi connectivity index (χ1) is 4.99. The Balaban J connectivity index is 2.50. The summed E-state index contributed by atoms with van der Waals surface area (Å²) < 4.78 is 30.4. The minimum atomic E-state index is -3.48. The van der Waals surface area contributed by atoms with Crippen LogP contribution in [-0.4, -0.2) is 45.2 Å². The largest absolute Gasteiger partial charge is 0.388 e. The van der Waals surface area contributed by atoms with Crippen LogP contribution in [0.4, 0.5) is 0 Å². The van der Waals surface area contributed by atoms with E-state index in [2.05, 4.69) is 4.18 Å². The Labute approximate surface area is 65.0 Å². The zero-order valence-electron chi connectivity index (χ0n) is 6.06. The van der Waals surface area contributed by atoms with E-state index in [4.69, 9.17) is 9.84 Å². The van der Waals surface area contributed by atoms with E-state index in [9.17, 15) is 8.42 Å². The molecule has 66 valence electrons. The third-order valence-electron chi connectivity index (χ3n) is 1.30. The fraction of sp³-hybridized carbons (Fsp3) is 1.00. The predicted octanol–water partition coefficient (Wildman–Crippen LogP) is -1.28. The zero-order valence-corrected chi connectivity index (χ0v) is 6.87. The molecule has 1 fully saturated rings. The molecule has 1 aliphatic rings. The molecule has 0 aromatic carbocycles. The Bertz CT molecular complexity index is 221. The molecule has 0 aliphatic carbocycles. The third-order valence-corrected chi connectivity index (χ3v) is 1.90. The summed E-state index contributed by atoms with van der Waals surface area (Å²) in [5.41, 5.74) is 0. The molecule has 1 saturated heterocycles. The summed E-state index contributed by atoms with van der Waals surface area (Å²) in [6.07, 6.45) is -0.618.